The fourth-order valence-corrected chi connectivity index (χ4v) is 7.09. The summed E-state index contributed by atoms with van der Waals surface area (Å²) in [7, 11) is 0. The summed E-state index contributed by atoms with van der Waals surface area (Å²) in [6.07, 6.45) is 2.95. The molecule has 5 aromatic rings. The van der Waals surface area contributed by atoms with E-state index >= 15 is 0 Å². The van der Waals surface area contributed by atoms with Crippen LogP contribution in [0.3, 0.4) is 0 Å². The molecule has 0 aliphatic heterocycles. The zero-order chi connectivity index (χ0) is 25.0. The van der Waals surface area contributed by atoms with Gasteiger partial charge in [-0.15, -0.1) is 21.5 Å². The van der Waals surface area contributed by atoms with Crippen LogP contribution in [0.15, 0.2) is 58.5 Å². The summed E-state index contributed by atoms with van der Waals surface area (Å²) >= 11 is 9.26. The molecule has 8 nitrogen and oxygen atoms in total. The Balaban J connectivity index is 1.52. The number of hydrogen-bond acceptors (Lipinski definition) is 7. The Bertz CT molecular complexity index is 1690. The number of non-ortho nitro benzene ring substituents is 1. The van der Waals surface area contributed by atoms with Crippen LogP contribution in [0.2, 0.25) is 5.02 Å². The number of aryl methyl sites for hydroxylation is 1. The predicted octanol–water partition coefficient (Wildman–Crippen LogP) is 6.07. The molecule has 1 aliphatic carbocycles. The molecule has 1 unspecified atom stereocenters. The van der Waals surface area contributed by atoms with E-state index in [1.54, 1.807) is 40.2 Å². The molecule has 0 saturated heterocycles. The predicted molar refractivity (Wildman–Crippen MR) is 143 cm³/mol. The van der Waals surface area contributed by atoms with Crippen LogP contribution >= 0.6 is 34.7 Å². The minimum atomic E-state index is -0.408. The van der Waals surface area contributed by atoms with Gasteiger partial charge < -0.3 is 0 Å². The summed E-state index contributed by atoms with van der Waals surface area (Å²) < 4.78 is 3.60. The summed E-state index contributed by atoms with van der Waals surface area (Å²) in [5.74, 6) is 1.53. The standard InChI is InChI=1S/C25H20ClN5O3S2/c1-14-2-11-20-19(12-14)21-22(32)29(17-9-5-16(26)6-10-17)24-27-28-25(30(24)23(21)36-20)35-13-15-3-7-18(8-4-15)31(33)34/h3-10,14H,2,11-13H2,1H3. The Morgan fingerprint density at radius 1 is 1.17 bits per heavy atom. The summed E-state index contributed by atoms with van der Waals surface area (Å²) in [6.45, 7) is 2.23. The van der Waals surface area contributed by atoms with E-state index in [0.717, 1.165) is 40.6 Å². The number of nitrogens with zero attached hydrogens (tertiary/aromatic N) is 5. The van der Waals surface area contributed by atoms with Crippen LogP contribution in [0.1, 0.15) is 29.3 Å². The maximum Gasteiger partial charge on any atom is 0.269 e. The third kappa shape index (κ3) is 3.89. The van der Waals surface area contributed by atoms with E-state index in [1.807, 2.05) is 16.5 Å². The van der Waals surface area contributed by atoms with Crippen LogP contribution in [0.25, 0.3) is 21.7 Å². The van der Waals surface area contributed by atoms with Crippen molar-refractivity contribution >= 4 is 56.4 Å². The number of fused-ring (bicyclic) bond motifs is 5. The number of thiophene rings is 1. The summed E-state index contributed by atoms with van der Waals surface area (Å²) in [6, 6.07) is 13.7. The van der Waals surface area contributed by atoms with Crippen molar-refractivity contribution in [2.75, 3.05) is 0 Å². The fourth-order valence-electron chi connectivity index (χ4n) is 4.69. The summed E-state index contributed by atoms with van der Waals surface area (Å²) in [5, 5.41) is 21.9. The van der Waals surface area contributed by atoms with E-state index in [1.165, 1.54) is 28.8 Å². The fraction of sp³-hybridized carbons (Fsp3) is 0.240. The topological polar surface area (TPSA) is 95.3 Å². The Kier molecular flexibility index (Phi) is 5.82. The SMILES string of the molecule is CC1CCc2sc3c(c2C1)c(=O)n(-c1ccc(Cl)cc1)c1nnc(SCc2ccc([N+](=O)[O-])cc2)n31. The molecule has 0 amide bonds. The normalized spacial score (nSPS) is 15.4. The average Bonchev–Trinajstić information content (AvgIpc) is 3.45. The molecule has 0 bridgehead atoms. The second-order valence-electron chi connectivity index (χ2n) is 8.98. The molecular formula is C25H20ClN5O3S2. The number of rotatable bonds is 5. The number of nitro groups is 1. The van der Waals surface area contributed by atoms with Crippen LogP contribution in [-0.4, -0.2) is 24.1 Å². The molecule has 2 aromatic carbocycles. The highest BCUT2D eigenvalue weighted by atomic mass is 35.5. The first-order valence-electron chi connectivity index (χ1n) is 11.5. The van der Waals surface area contributed by atoms with Crippen LogP contribution in [0.5, 0.6) is 0 Å². The number of halogens is 1. The molecule has 0 fully saturated rings. The van der Waals surface area contributed by atoms with Crippen molar-refractivity contribution in [2.24, 2.45) is 5.92 Å². The number of aromatic nitrogens is 4. The molecule has 0 spiro atoms. The molecule has 0 N–H and O–H groups in total. The van der Waals surface area contributed by atoms with Crippen molar-refractivity contribution in [2.45, 2.75) is 37.1 Å². The zero-order valence-electron chi connectivity index (χ0n) is 19.2. The highest BCUT2D eigenvalue weighted by Crippen LogP contribution is 2.38. The molecule has 0 radical (unpaired) electrons. The van der Waals surface area contributed by atoms with Gasteiger partial charge >= 0.3 is 0 Å². The molecule has 36 heavy (non-hydrogen) atoms. The van der Waals surface area contributed by atoms with Crippen molar-refractivity contribution in [1.82, 2.24) is 19.2 Å². The van der Waals surface area contributed by atoms with E-state index in [0.29, 0.717) is 33.3 Å². The molecular weight excluding hydrogens is 518 g/mol. The highest BCUT2D eigenvalue weighted by molar-refractivity contribution is 7.98. The van der Waals surface area contributed by atoms with Gasteiger partial charge in [0.25, 0.3) is 11.2 Å². The lowest BCUT2D eigenvalue weighted by atomic mass is 9.89. The first-order valence-corrected chi connectivity index (χ1v) is 13.6. The smallest absolute Gasteiger partial charge is 0.268 e. The largest absolute Gasteiger partial charge is 0.269 e. The van der Waals surface area contributed by atoms with E-state index < -0.39 is 4.92 Å². The van der Waals surface area contributed by atoms with Gasteiger partial charge in [0.2, 0.25) is 5.78 Å². The number of thioether (sulfide) groups is 1. The number of hydrogen-bond donors (Lipinski definition) is 0. The van der Waals surface area contributed by atoms with Crippen LogP contribution in [0.4, 0.5) is 5.69 Å². The van der Waals surface area contributed by atoms with Crippen molar-refractivity contribution in [3.05, 3.63) is 90.0 Å². The van der Waals surface area contributed by atoms with Gasteiger partial charge in [0.15, 0.2) is 5.16 Å². The van der Waals surface area contributed by atoms with Crippen LogP contribution in [-0.2, 0) is 18.6 Å². The lowest BCUT2D eigenvalue weighted by Crippen LogP contribution is -2.22. The first-order chi connectivity index (χ1) is 17.4. The van der Waals surface area contributed by atoms with Gasteiger partial charge in [0, 0.05) is 27.8 Å². The molecule has 11 heteroatoms. The van der Waals surface area contributed by atoms with Gasteiger partial charge in [0.05, 0.1) is 16.0 Å². The Morgan fingerprint density at radius 2 is 1.92 bits per heavy atom. The molecule has 3 heterocycles. The quantitative estimate of drug-likeness (QED) is 0.153. The maximum absolute atomic E-state index is 13.9. The minimum Gasteiger partial charge on any atom is -0.268 e. The first kappa shape index (κ1) is 23.2. The zero-order valence-corrected chi connectivity index (χ0v) is 21.6. The van der Waals surface area contributed by atoms with Crippen LogP contribution in [0, 0.1) is 16.0 Å². The Morgan fingerprint density at radius 3 is 2.64 bits per heavy atom. The van der Waals surface area contributed by atoms with Crippen molar-refractivity contribution in [3.8, 4) is 5.69 Å². The lowest BCUT2D eigenvalue weighted by molar-refractivity contribution is -0.384. The Hall–Kier alpha value is -3.21. The second kappa shape index (κ2) is 9.02. The molecule has 6 rings (SSSR count). The van der Waals surface area contributed by atoms with E-state index in [4.69, 9.17) is 11.6 Å². The average molecular weight is 538 g/mol. The second-order valence-corrected chi connectivity index (χ2v) is 11.4. The van der Waals surface area contributed by atoms with Gasteiger partial charge in [-0.05, 0) is 60.6 Å². The van der Waals surface area contributed by atoms with Gasteiger partial charge in [0.1, 0.15) is 4.83 Å². The summed E-state index contributed by atoms with van der Waals surface area (Å²) in [5.41, 5.74) is 2.72. The van der Waals surface area contributed by atoms with E-state index in [2.05, 4.69) is 17.1 Å². The van der Waals surface area contributed by atoms with Gasteiger partial charge in [-0.3, -0.25) is 14.9 Å². The number of nitro benzene ring substituents is 1. The van der Waals surface area contributed by atoms with Crippen LogP contribution < -0.4 is 5.56 Å². The van der Waals surface area contributed by atoms with Gasteiger partial charge in [-0.2, -0.15) is 0 Å². The molecule has 1 aliphatic rings. The number of benzene rings is 2. The van der Waals surface area contributed by atoms with E-state index in [9.17, 15) is 14.9 Å². The maximum atomic E-state index is 13.9. The molecule has 1 atom stereocenters. The van der Waals surface area contributed by atoms with E-state index in [-0.39, 0.29) is 11.2 Å². The van der Waals surface area contributed by atoms with Gasteiger partial charge in [-0.25, -0.2) is 8.97 Å². The third-order valence-corrected chi connectivity index (χ3v) is 9.05. The minimum absolute atomic E-state index is 0.0590. The van der Waals surface area contributed by atoms with Crippen molar-refractivity contribution in [3.63, 3.8) is 0 Å². The van der Waals surface area contributed by atoms with Crippen molar-refractivity contribution < 1.29 is 4.92 Å². The Labute approximate surface area is 218 Å². The lowest BCUT2D eigenvalue weighted by Gasteiger charge is -2.18. The third-order valence-electron chi connectivity index (χ3n) is 6.53. The molecule has 182 valence electrons. The van der Waals surface area contributed by atoms with Crippen molar-refractivity contribution in [1.29, 1.82) is 0 Å². The molecule has 0 saturated carbocycles. The highest BCUT2D eigenvalue weighted by Gasteiger charge is 2.27. The molecule has 3 aromatic heterocycles. The van der Waals surface area contributed by atoms with Gasteiger partial charge in [-0.1, -0.05) is 42.4 Å². The monoisotopic (exact) mass is 537 g/mol. The summed E-state index contributed by atoms with van der Waals surface area (Å²) in [4.78, 5) is 26.6.